The zero-order valence-corrected chi connectivity index (χ0v) is 15.9. The highest BCUT2D eigenvalue weighted by Gasteiger charge is 2.24. The van der Waals surface area contributed by atoms with E-state index in [2.05, 4.69) is 15.1 Å². The minimum absolute atomic E-state index is 0.187. The van der Waals surface area contributed by atoms with Gasteiger partial charge in [0.25, 0.3) is 5.91 Å². The minimum Gasteiger partial charge on any atom is -0.451 e. The molecule has 0 spiro atoms. The van der Waals surface area contributed by atoms with Crippen molar-refractivity contribution in [2.24, 2.45) is 0 Å². The summed E-state index contributed by atoms with van der Waals surface area (Å²) in [6, 6.07) is 14.9. The normalized spacial score (nSPS) is 14.3. The van der Waals surface area contributed by atoms with Crippen molar-refractivity contribution in [2.45, 2.75) is 0 Å². The lowest BCUT2D eigenvalue weighted by atomic mass is 10.2. The number of aromatic amines is 1. The van der Waals surface area contributed by atoms with E-state index in [1.807, 2.05) is 42.5 Å². The lowest BCUT2D eigenvalue weighted by Gasteiger charge is -2.36. The highest BCUT2D eigenvalue weighted by Crippen LogP contribution is 2.26. The molecule has 1 fully saturated rings. The van der Waals surface area contributed by atoms with E-state index in [9.17, 15) is 9.59 Å². The molecule has 3 aromatic rings. The van der Waals surface area contributed by atoms with Crippen LogP contribution in [0.5, 0.6) is 0 Å². The number of ether oxygens (including phenoxy) is 1. The van der Waals surface area contributed by atoms with Crippen LogP contribution in [0.4, 0.5) is 5.69 Å². The van der Waals surface area contributed by atoms with Crippen molar-refractivity contribution in [2.75, 3.05) is 37.7 Å². The predicted molar refractivity (Wildman–Crippen MR) is 107 cm³/mol. The van der Waals surface area contributed by atoms with Crippen molar-refractivity contribution < 1.29 is 14.3 Å². The van der Waals surface area contributed by atoms with Gasteiger partial charge in [0.05, 0.1) is 16.2 Å². The molecule has 0 radical (unpaired) electrons. The third-order valence-electron chi connectivity index (χ3n) is 4.82. The van der Waals surface area contributed by atoms with Crippen LogP contribution in [0.25, 0.3) is 10.9 Å². The molecule has 0 atom stereocenters. The van der Waals surface area contributed by atoms with E-state index >= 15 is 0 Å². The molecule has 0 saturated carbocycles. The number of hydrogen-bond acceptors (Lipinski definition) is 5. The molecule has 1 saturated heterocycles. The van der Waals surface area contributed by atoms with Gasteiger partial charge in [-0.3, -0.25) is 9.89 Å². The van der Waals surface area contributed by atoms with Crippen molar-refractivity contribution >= 4 is 40.1 Å². The number of esters is 1. The fraction of sp³-hybridized carbons (Fsp3) is 0.250. The minimum atomic E-state index is -0.611. The van der Waals surface area contributed by atoms with Crippen LogP contribution in [0.3, 0.4) is 0 Å². The van der Waals surface area contributed by atoms with Gasteiger partial charge in [-0.15, -0.1) is 0 Å². The summed E-state index contributed by atoms with van der Waals surface area (Å²) in [6.07, 6.45) is 0. The van der Waals surface area contributed by atoms with Gasteiger partial charge in [-0.05, 0) is 18.2 Å². The molecule has 1 aliphatic heterocycles. The Bertz CT molecular complexity index is 1010. The third-order valence-corrected chi connectivity index (χ3v) is 5.14. The van der Waals surface area contributed by atoms with Crippen molar-refractivity contribution in [3.05, 3.63) is 59.2 Å². The molecule has 4 rings (SSSR count). The number of amides is 1. The number of nitrogens with zero attached hydrogens (tertiary/aromatic N) is 3. The Morgan fingerprint density at radius 2 is 1.75 bits per heavy atom. The van der Waals surface area contributed by atoms with Gasteiger partial charge < -0.3 is 14.5 Å². The second kappa shape index (κ2) is 7.90. The molecular weight excluding hydrogens is 380 g/mol. The number of rotatable bonds is 4. The van der Waals surface area contributed by atoms with Crippen molar-refractivity contribution in [1.82, 2.24) is 15.1 Å². The van der Waals surface area contributed by atoms with Crippen molar-refractivity contribution in [1.29, 1.82) is 0 Å². The molecule has 1 N–H and O–H groups in total. The number of nitrogens with one attached hydrogen (secondary N) is 1. The molecule has 2 heterocycles. The SMILES string of the molecule is O=C(OCC(=O)N1CCN(c2ccccc2Cl)CC1)c1n[nH]c2ccccc12. The van der Waals surface area contributed by atoms with E-state index in [0.29, 0.717) is 36.6 Å². The maximum Gasteiger partial charge on any atom is 0.359 e. The summed E-state index contributed by atoms with van der Waals surface area (Å²) in [4.78, 5) is 28.5. The van der Waals surface area contributed by atoms with Gasteiger partial charge in [0, 0.05) is 31.6 Å². The van der Waals surface area contributed by atoms with Gasteiger partial charge in [0.15, 0.2) is 12.3 Å². The zero-order valence-electron chi connectivity index (χ0n) is 15.1. The Morgan fingerprint density at radius 1 is 1.04 bits per heavy atom. The van der Waals surface area contributed by atoms with E-state index in [1.165, 1.54) is 0 Å². The van der Waals surface area contributed by atoms with Crippen LogP contribution in [0.15, 0.2) is 48.5 Å². The molecule has 144 valence electrons. The third kappa shape index (κ3) is 3.66. The molecule has 1 aromatic heterocycles. The average Bonchev–Trinajstić information content (AvgIpc) is 3.16. The fourth-order valence-electron chi connectivity index (χ4n) is 3.31. The summed E-state index contributed by atoms with van der Waals surface area (Å²) in [5, 5.41) is 8.15. The van der Waals surface area contributed by atoms with Crippen LogP contribution in [0.2, 0.25) is 5.02 Å². The largest absolute Gasteiger partial charge is 0.451 e. The number of para-hydroxylation sites is 2. The number of halogens is 1. The van der Waals surface area contributed by atoms with E-state index in [4.69, 9.17) is 16.3 Å². The van der Waals surface area contributed by atoms with Crippen molar-refractivity contribution in [3.8, 4) is 0 Å². The topological polar surface area (TPSA) is 78.5 Å². The lowest BCUT2D eigenvalue weighted by molar-refractivity contribution is -0.134. The number of anilines is 1. The monoisotopic (exact) mass is 398 g/mol. The van der Waals surface area contributed by atoms with Gasteiger partial charge in [0.2, 0.25) is 0 Å². The lowest BCUT2D eigenvalue weighted by Crippen LogP contribution is -2.50. The molecule has 8 heteroatoms. The number of carbonyl (C=O) groups is 2. The second-order valence-electron chi connectivity index (χ2n) is 6.51. The Hall–Kier alpha value is -3.06. The summed E-state index contributed by atoms with van der Waals surface area (Å²) in [5.41, 5.74) is 1.90. The molecule has 7 nitrogen and oxygen atoms in total. The Morgan fingerprint density at radius 3 is 2.54 bits per heavy atom. The quantitative estimate of drug-likeness (QED) is 0.684. The fourth-order valence-corrected chi connectivity index (χ4v) is 3.57. The van der Waals surface area contributed by atoms with E-state index in [0.717, 1.165) is 11.2 Å². The van der Waals surface area contributed by atoms with E-state index in [1.54, 1.807) is 11.0 Å². The van der Waals surface area contributed by atoms with Gasteiger partial charge in [0.1, 0.15) is 0 Å². The average molecular weight is 399 g/mol. The predicted octanol–water partition coefficient (Wildman–Crippen LogP) is 2.72. The molecule has 2 aromatic carbocycles. The molecule has 1 amide bonds. The highest BCUT2D eigenvalue weighted by atomic mass is 35.5. The molecular formula is C20H19ClN4O3. The summed E-state index contributed by atoms with van der Waals surface area (Å²) in [5.74, 6) is -0.826. The maximum absolute atomic E-state index is 12.4. The van der Waals surface area contributed by atoms with Crippen LogP contribution >= 0.6 is 11.6 Å². The first-order valence-corrected chi connectivity index (χ1v) is 9.39. The van der Waals surface area contributed by atoms with E-state index < -0.39 is 5.97 Å². The number of hydrogen-bond donors (Lipinski definition) is 1. The summed E-state index contributed by atoms with van der Waals surface area (Å²) in [7, 11) is 0. The number of piperazine rings is 1. The van der Waals surface area contributed by atoms with E-state index in [-0.39, 0.29) is 18.2 Å². The molecule has 28 heavy (non-hydrogen) atoms. The van der Waals surface area contributed by atoms with Crippen LogP contribution in [-0.2, 0) is 9.53 Å². The molecule has 0 unspecified atom stereocenters. The van der Waals surface area contributed by atoms with Gasteiger partial charge in [-0.1, -0.05) is 41.9 Å². The molecule has 0 aliphatic carbocycles. The number of H-pyrrole nitrogens is 1. The number of aromatic nitrogens is 2. The summed E-state index contributed by atoms with van der Waals surface area (Å²) in [6.45, 7) is 2.15. The number of fused-ring (bicyclic) bond motifs is 1. The van der Waals surface area contributed by atoms with Crippen LogP contribution in [0.1, 0.15) is 10.5 Å². The highest BCUT2D eigenvalue weighted by molar-refractivity contribution is 6.33. The van der Waals surface area contributed by atoms with Crippen LogP contribution < -0.4 is 4.90 Å². The smallest absolute Gasteiger partial charge is 0.359 e. The van der Waals surface area contributed by atoms with Gasteiger partial charge in [-0.2, -0.15) is 5.10 Å². The maximum atomic E-state index is 12.4. The van der Waals surface area contributed by atoms with Crippen LogP contribution in [-0.4, -0.2) is 59.8 Å². The summed E-state index contributed by atoms with van der Waals surface area (Å²) >= 11 is 6.24. The first-order chi connectivity index (χ1) is 13.6. The first kappa shape index (κ1) is 18.3. The Balaban J connectivity index is 1.31. The second-order valence-corrected chi connectivity index (χ2v) is 6.92. The molecule has 1 aliphatic rings. The van der Waals surface area contributed by atoms with Crippen LogP contribution in [0, 0.1) is 0 Å². The standard InChI is InChI=1S/C20H19ClN4O3/c21-15-6-2-4-8-17(15)24-9-11-25(12-10-24)18(26)13-28-20(27)19-14-5-1-3-7-16(14)22-23-19/h1-8H,9-13H2,(H,22,23). The Kier molecular flexibility index (Phi) is 5.16. The Labute approximate surface area is 166 Å². The van der Waals surface area contributed by atoms with Gasteiger partial charge >= 0.3 is 5.97 Å². The van der Waals surface area contributed by atoms with Gasteiger partial charge in [-0.25, -0.2) is 4.79 Å². The number of benzene rings is 2. The molecule has 0 bridgehead atoms. The summed E-state index contributed by atoms with van der Waals surface area (Å²) < 4.78 is 5.19. The first-order valence-electron chi connectivity index (χ1n) is 9.01. The zero-order chi connectivity index (χ0) is 19.5. The van der Waals surface area contributed by atoms with Crippen molar-refractivity contribution in [3.63, 3.8) is 0 Å². The number of carbonyl (C=O) groups excluding carboxylic acids is 2.